The van der Waals surface area contributed by atoms with Crippen LogP contribution in [0.5, 0.6) is 0 Å². The van der Waals surface area contributed by atoms with E-state index in [0.717, 1.165) is 19.4 Å². The number of nitrogens with one attached hydrogen (secondary N) is 1. The molecule has 5 nitrogen and oxygen atoms in total. The lowest BCUT2D eigenvalue weighted by atomic mass is 9.78. The van der Waals surface area contributed by atoms with Crippen molar-refractivity contribution in [1.29, 1.82) is 0 Å². The summed E-state index contributed by atoms with van der Waals surface area (Å²) >= 11 is 0. The van der Waals surface area contributed by atoms with E-state index in [1.54, 1.807) is 0 Å². The number of hydrogen-bond acceptors (Lipinski definition) is 4. The largest absolute Gasteiger partial charge is 0.381 e. The Bertz CT molecular complexity index is 295. The summed E-state index contributed by atoms with van der Waals surface area (Å²) in [5, 5.41) is 3.16. The minimum Gasteiger partial charge on any atom is -0.381 e. The summed E-state index contributed by atoms with van der Waals surface area (Å²) in [5.74, 6) is 0.0706. The maximum atomic E-state index is 12.5. The van der Waals surface area contributed by atoms with E-state index in [1.807, 2.05) is 6.92 Å². The highest BCUT2D eigenvalue weighted by molar-refractivity contribution is 5.83. The van der Waals surface area contributed by atoms with Gasteiger partial charge in [0.2, 0.25) is 5.91 Å². The second-order valence-electron chi connectivity index (χ2n) is 5.77. The van der Waals surface area contributed by atoms with Crippen LogP contribution in [0.2, 0.25) is 0 Å². The molecule has 1 atom stereocenters. The fourth-order valence-electron chi connectivity index (χ4n) is 2.73. The van der Waals surface area contributed by atoms with Crippen LogP contribution in [-0.4, -0.2) is 44.4 Å². The van der Waals surface area contributed by atoms with Gasteiger partial charge in [0.1, 0.15) is 0 Å². The quantitative estimate of drug-likeness (QED) is 0.768. The molecule has 0 aromatic carbocycles. The van der Waals surface area contributed by atoms with Gasteiger partial charge in [0, 0.05) is 26.4 Å². The van der Waals surface area contributed by atoms with Gasteiger partial charge in [-0.1, -0.05) is 0 Å². The standard InChI is InChI=1S/C13H24N2O3/c1-12(3-2-6-18-10-12)15-11(16)13(9-14)4-7-17-8-5-13/h2-10,14H2,1H3,(H,15,16). The van der Waals surface area contributed by atoms with Crippen molar-refractivity contribution in [2.24, 2.45) is 11.1 Å². The summed E-state index contributed by atoms with van der Waals surface area (Å²) in [5.41, 5.74) is 5.15. The highest BCUT2D eigenvalue weighted by atomic mass is 16.5. The second kappa shape index (κ2) is 5.55. The maximum absolute atomic E-state index is 12.5. The smallest absolute Gasteiger partial charge is 0.228 e. The van der Waals surface area contributed by atoms with Crippen molar-refractivity contribution in [1.82, 2.24) is 5.32 Å². The first kappa shape index (κ1) is 13.8. The van der Waals surface area contributed by atoms with Gasteiger partial charge in [-0.3, -0.25) is 4.79 Å². The average molecular weight is 256 g/mol. The first-order valence-electron chi connectivity index (χ1n) is 6.78. The molecule has 3 N–H and O–H groups in total. The van der Waals surface area contributed by atoms with E-state index in [4.69, 9.17) is 15.2 Å². The van der Waals surface area contributed by atoms with Crippen molar-refractivity contribution >= 4 is 5.91 Å². The van der Waals surface area contributed by atoms with Gasteiger partial charge in [0.15, 0.2) is 0 Å². The molecule has 0 radical (unpaired) electrons. The maximum Gasteiger partial charge on any atom is 0.228 e. The van der Waals surface area contributed by atoms with Crippen LogP contribution in [0.1, 0.15) is 32.6 Å². The summed E-state index contributed by atoms with van der Waals surface area (Å²) < 4.78 is 10.8. The molecule has 18 heavy (non-hydrogen) atoms. The molecular formula is C13H24N2O3. The number of carbonyl (C=O) groups excluding carboxylic acids is 1. The lowest BCUT2D eigenvalue weighted by Crippen LogP contribution is -2.58. The number of rotatable bonds is 3. The van der Waals surface area contributed by atoms with E-state index in [-0.39, 0.29) is 11.4 Å². The number of hydrogen-bond donors (Lipinski definition) is 2. The number of ether oxygens (including phenoxy) is 2. The third-order valence-corrected chi connectivity index (χ3v) is 4.18. The van der Waals surface area contributed by atoms with Crippen LogP contribution in [0.15, 0.2) is 0 Å². The van der Waals surface area contributed by atoms with Crippen molar-refractivity contribution < 1.29 is 14.3 Å². The monoisotopic (exact) mass is 256 g/mol. The zero-order valence-corrected chi connectivity index (χ0v) is 11.2. The Hall–Kier alpha value is -0.650. The summed E-state index contributed by atoms with van der Waals surface area (Å²) in [7, 11) is 0. The van der Waals surface area contributed by atoms with Crippen molar-refractivity contribution in [3.63, 3.8) is 0 Å². The molecule has 1 amide bonds. The molecule has 2 heterocycles. The highest BCUT2D eigenvalue weighted by Crippen LogP contribution is 2.31. The van der Waals surface area contributed by atoms with E-state index < -0.39 is 5.41 Å². The van der Waals surface area contributed by atoms with Crippen LogP contribution in [0.4, 0.5) is 0 Å². The molecule has 0 aromatic heterocycles. The minimum absolute atomic E-state index is 0.0706. The zero-order chi connectivity index (χ0) is 13.1. The van der Waals surface area contributed by atoms with E-state index >= 15 is 0 Å². The van der Waals surface area contributed by atoms with Crippen LogP contribution in [0.3, 0.4) is 0 Å². The highest BCUT2D eigenvalue weighted by Gasteiger charge is 2.42. The Kier molecular flexibility index (Phi) is 4.25. The molecule has 1 unspecified atom stereocenters. The molecule has 0 aliphatic carbocycles. The lowest BCUT2D eigenvalue weighted by molar-refractivity contribution is -0.139. The Labute approximate surface area is 108 Å². The molecule has 2 fully saturated rings. The molecule has 2 aliphatic heterocycles. The van der Waals surface area contributed by atoms with Crippen LogP contribution in [0, 0.1) is 5.41 Å². The Morgan fingerprint density at radius 1 is 1.22 bits per heavy atom. The van der Waals surface area contributed by atoms with Crippen LogP contribution in [0.25, 0.3) is 0 Å². The van der Waals surface area contributed by atoms with E-state index in [9.17, 15) is 4.79 Å². The van der Waals surface area contributed by atoms with Crippen molar-refractivity contribution in [3.05, 3.63) is 0 Å². The Morgan fingerprint density at radius 2 is 1.94 bits per heavy atom. The molecule has 5 heteroatoms. The fourth-order valence-corrected chi connectivity index (χ4v) is 2.73. The van der Waals surface area contributed by atoms with Crippen LogP contribution < -0.4 is 11.1 Å². The van der Waals surface area contributed by atoms with Gasteiger partial charge in [-0.25, -0.2) is 0 Å². The van der Waals surface area contributed by atoms with Gasteiger partial charge in [0.25, 0.3) is 0 Å². The molecule has 104 valence electrons. The number of carbonyl (C=O) groups is 1. The average Bonchev–Trinajstić information content (AvgIpc) is 2.39. The Morgan fingerprint density at radius 3 is 2.50 bits per heavy atom. The van der Waals surface area contributed by atoms with Gasteiger partial charge in [0.05, 0.1) is 17.6 Å². The fraction of sp³-hybridized carbons (Fsp3) is 0.923. The van der Waals surface area contributed by atoms with Gasteiger partial charge in [-0.05, 0) is 32.6 Å². The number of nitrogens with two attached hydrogens (primary N) is 1. The molecule has 0 aromatic rings. The van der Waals surface area contributed by atoms with Gasteiger partial charge in [-0.15, -0.1) is 0 Å². The first-order valence-corrected chi connectivity index (χ1v) is 6.78. The SMILES string of the molecule is CC1(NC(=O)C2(CN)CCOCC2)CCCOC1. The van der Waals surface area contributed by atoms with E-state index in [2.05, 4.69) is 5.32 Å². The Balaban J connectivity index is 2.00. The summed E-state index contributed by atoms with van der Waals surface area (Å²) in [6.45, 7) is 5.07. The van der Waals surface area contributed by atoms with Crippen molar-refractivity contribution in [2.75, 3.05) is 33.0 Å². The summed E-state index contributed by atoms with van der Waals surface area (Å²) in [6, 6.07) is 0. The van der Waals surface area contributed by atoms with Crippen molar-refractivity contribution in [2.45, 2.75) is 38.1 Å². The molecule has 0 saturated carbocycles. The second-order valence-corrected chi connectivity index (χ2v) is 5.77. The zero-order valence-electron chi connectivity index (χ0n) is 11.2. The molecule has 2 rings (SSSR count). The molecule has 2 aliphatic rings. The predicted molar refractivity (Wildman–Crippen MR) is 68.1 cm³/mol. The summed E-state index contributed by atoms with van der Waals surface area (Å²) in [4.78, 5) is 12.5. The normalized spacial score (nSPS) is 31.9. The predicted octanol–water partition coefficient (Wildman–Crippen LogP) is 0.427. The van der Waals surface area contributed by atoms with Gasteiger partial charge < -0.3 is 20.5 Å². The van der Waals surface area contributed by atoms with Gasteiger partial charge in [-0.2, -0.15) is 0 Å². The third-order valence-electron chi connectivity index (χ3n) is 4.18. The van der Waals surface area contributed by atoms with Crippen LogP contribution >= 0.6 is 0 Å². The van der Waals surface area contributed by atoms with Crippen LogP contribution in [-0.2, 0) is 14.3 Å². The van der Waals surface area contributed by atoms with Crippen molar-refractivity contribution in [3.8, 4) is 0 Å². The first-order chi connectivity index (χ1) is 8.60. The topological polar surface area (TPSA) is 73.6 Å². The van der Waals surface area contributed by atoms with E-state index in [1.165, 1.54) is 0 Å². The van der Waals surface area contributed by atoms with E-state index in [0.29, 0.717) is 39.2 Å². The minimum atomic E-state index is -0.446. The molecule has 0 spiro atoms. The number of amides is 1. The summed E-state index contributed by atoms with van der Waals surface area (Å²) in [6.07, 6.45) is 3.39. The molecule has 0 bridgehead atoms. The molecular weight excluding hydrogens is 232 g/mol. The third kappa shape index (κ3) is 2.84. The van der Waals surface area contributed by atoms with Gasteiger partial charge >= 0.3 is 0 Å². The lowest BCUT2D eigenvalue weighted by Gasteiger charge is -2.40. The molecule has 2 saturated heterocycles.